The molecule has 0 spiro atoms. The fourth-order valence-corrected chi connectivity index (χ4v) is 0.604. The molecule has 0 amide bonds. The Hall–Kier alpha value is 0.610. The van der Waals surface area contributed by atoms with Crippen LogP contribution in [0.3, 0.4) is 0 Å². The molecule has 1 aliphatic rings. The number of nitrogens with one attached hydrogen (secondary N) is 2. The van der Waals surface area contributed by atoms with Gasteiger partial charge in [-0.3, -0.25) is 0 Å². The molecule has 4 heteroatoms. The normalized spacial score (nSPS) is 16.7. The summed E-state index contributed by atoms with van der Waals surface area (Å²) in [6, 6.07) is 0. The molecule has 1 rings (SSSR count). The first-order valence-corrected chi connectivity index (χ1v) is 4.95. The van der Waals surface area contributed by atoms with Gasteiger partial charge in [0.2, 0.25) is 0 Å². The van der Waals surface area contributed by atoms with E-state index in [1.807, 2.05) is 4.93 Å². The molecule has 0 aromatic carbocycles. The average Bonchev–Trinajstić information content (AvgIpc) is 1.96. The Balaban J connectivity index is 0. The van der Waals surface area contributed by atoms with Crippen molar-refractivity contribution in [3.8, 4) is 0 Å². The summed E-state index contributed by atoms with van der Waals surface area (Å²) in [4.78, 5) is 1.97. The molecule has 0 aromatic rings. The van der Waals surface area contributed by atoms with Crippen molar-refractivity contribution in [3.05, 3.63) is 0 Å². The van der Waals surface area contributed by atoms with Crippen LogP contribution in [-0.4, -0.2) is 31.1 Å². The van der Waals surface area contributed by atoms with E-state index in [9.17, 15) is 0 Å². The second-order valence-corrected chi connectivity index (χ2v) is 1.50. The van der Waals surface area contributed by atoms with Crippen LogP contribution >= 0.6 is 22.6 Å². The Kier molecular flexibility index (Phi) is 15.6. The molecular weight excluding hydrogens is 229 g/mol. The summed E-state index contributed by atoms with van der Waals surface area (Å²) in [6.07, 6.45) is 0. The van der Waals surface area contributed by atoms with Crippen LogP contribution in [0.15, 0.2) is 0 Å². The van der Waals surface area contributed by atoms with Crippen LogP contribution in [0.1, 0.15) is 0 Å². The molecule has 0 atom stereocenters. The maximum absolute atomic E-state index is 3.22. The molecule has 0 saturated carbocycles. The van der Waals surface area contributed by atoms with Crippen LogP contribution < -0.4 is 16.8 Å². The summed E-state index contributed by atoms with van der Waals surface area (Å²) < 4.78 is 0. The molecule has 3 nitrogen and oxygen atoms in total. The summed E-state index contributed by atoms with van der Waals surface area (Å²) in [5.41, 5.74) is 0. The van der Waals surface area contributed by atoms with Crippen molar-refractivity contribution >= 4 is 22.6 Å². The van der Waals surface area contributed by atoms with Gasteiger partial charge >= 0.3 is 0 Å². The van der Waals surface area contributed by atoms with Gasteiger partial charge in [0, 0.05) is 26.2 Å². The largest absolute Gasteiger partial charge is 0.344 e. The van der Waals surface area contributed by atoms with Crippen molar-refractivity contribution in [2.24, 2.45) is 0 Å². The van der Waals surface area contributed by atoms with Crippen molar-refractivity contribution in [1.29, 1.82) is 0 Å². The van der Waals surface area contributed by atoms with Gasteiger partial charge in [0.05, 0.1) is 0 Å². The van der Waals surface area contributed by atoms with Gasteiger partial charge in [-0.1, -0.05) is 22.6 Å². The summed E-state index contributed by atoms with van der Waals surface area (Å²) in [6.45, 7) is 4.56. The summed E-state index contributed by atoms with van der Waals surface area (Å²) in [5.74, 6) is 0. The fraction of sp³-hybridized carbons (Fsp3) is 1.00. The van der Waals surface area contributed by atoms with Gasteiger partial charge in [-0.05, 0) is 4.93 Å². The van der Waals surface area contributed by atoms with Crippen molar-refractivity contribution in [1.82, 2.24) is 16.8 Å². The van der Waals surface area contributed by atoms with E-state index in [0.717, 1.165) is 26.2 Å². The van der Waals surface area contributed by atoms with Gasteiger partial charge in [-0.25, -0.2) is 0 Å². The number of hydrogen-bond acceptors (Lipinski definition) is 3. The highest BCUT2D eigenvalue weighted by atomic mass is 127. The lowest BCUT2D eigenvalue weighted by atomic mass is 10.4. The quantitative estimate of drug-likeness (QED) is 0.427. The van der Waals surface area contributed by atoms with Gasteiger partial charge < -0.3 is 16.8 Å². The summed E-state index contributed by atoms with van der Waals surface area (Å²) in [7, 11) is 0. The molecule has 1 fully saturated rings. The summed E-state index contributed by atoms with van der Waals surface area (Å²) in [5, 5.41) is 6.44. The monoisotopic (exact) mass is 245 g/mol. The minimum absolute atomic E-state index is 0. The third-order valence-corrected chi connectivity index (χ3v) is 0.957. The van der Waals surface area contributed by atoms with Crippen LogP contribution in [0.25, 0.3) is 0 Å². The Morgan fingerprint density at radius 2 is 1.11 bits per heavy atom. The molecule has 1 heterocycles. The van der Waals surface area contributed by atoms with E-state index in [1.54, 1.807) is 0 Å². The first-order chi connectivity index (χ1) is 4.00. The van der Waals surface area contributed by atoms with Crippen LogP contribution in [-0.2, 0) is 0 Å². The van der Waals surface area contributed by atoms with E-state index in [0.29, 0.717) is 0 Å². The van der Waals surface area contributed by atoms with Crippen LogP contribution in [0.4, 0.5) is 0 Å². The molecule has 0 radical (unpaired) electrons. The molecule has 0 bridgehead atoms. The van der Waals surface area contributed by atoms with Crippen molar-refractivity contribution in [2.45, 2.75) is 0 Å². The predicted molar refractivity (Wildman–Crippen MR) is 50.7 cm³/mol. The van der Waals surface area contributed by atoms with E-state index >= 15 is 0 Å². The first kappa shape index (κ1) is 12.3. The SMILES string of the molecule is C1CNCCN1.CI.N. The second-order valence-electron chi connectivity index (χ2n) is 1.50. The van der Waals surface area contributed by atoms with E-state index in [4.69, 9.17) is 0 Å². The molecule has 0 aromatic heterocycles. The van der Waals surface area contributed by atoms with Gasteiger partial charge in [-0.15, -0.1) is 0 Å². The Morgan fingerprint density at radius 1 is 0.889 bits per heavy atom. The number of alkyl halides is 1. The smallest absolute Gasteiger partial charge is 0.00772 e. The Labute approximate surface area is 70.7 Å². The first-order valence-electron chi connectivity index (χ1n) is 2.79. The molecule has 0 aliphatic carbocycles. The third kappa shape index (κ3) is 8.61. The van der Waals surface area contributed by atoms with Crippen molar-refractivity contribution in [2.75, 3.05) is 31.1 Å². The van der Waals surface area contributed by atoms with Crippen molar-refractivity contribution < 1.29 is 0 Å². The highest BCUT2D eigenvalue weighted by Gasteiger charge is 1.91. The molecule has 1 saturated heterocycles. The van der Waals surface area contributed by atoms with Gasteiger partial charge in [0.15, 0.2) is 0 Å². The number of piperazine rings is 1. The van der Waals surface area contributed by atoms with E-state index in [2.05, 4.69) is 33.2 Å². The fourth-order valence-electron chi connectivity index (χ4n) is 0.604. The van der Waals surface area contributed by atoms with E-state index in [-0.39, 0.29) is 6.15 Å². The van der Waals surface area contributed by atoms with Gasteiger partial charge in [-0.2, -0.15) is 0 Å². The van der Waals surface area contributed by atoms with Crippen LogP contribution in [0.5, 0.6) is 0 Å². The molecule has 1 aliphatic heterocycles. The van der Waals surface area contributed by atoms with Crippen molar-refractivity contribution in [3.63, 3.8) is 0 Å². The Bertz CT molecular complexity index is 27.7. The average molecular weight is 245 g/mol. The zero-order valence-electron chi connectivity index (χ0n) is 5.91. The highest BCUT2D eigenvalue weighted by molar-refractivity contribution is 14.1. The number of rotatable bonds is 0. The Morgan fingerprint density at radius 3 is 1.22 bits per heavy atom. The van der Waals surface area contributed by atoms with E-state index < -0.39 is 0 Å². The maximum Gasteiger partial charge on any atom is 0.00772 e. The highest BCUT2D eigenvalue weighted by Crippen LogP contribution is 1.65. The van der Waals surface area contributed by atoms with Gasteiger partial charge in [0.1, 0.15) is 0 Å². The third-order valence-electron chi connectivity index (χ3n) is 0.957. The lowest BCUT2D eigenvalue weighted by molar-refractivity contribution is 0.534. The number of halogens is 1. The molecular formula is C5H16IN3. The number of hydrogen-bond donors (Lipinski definition) is 3. The minimum atomic E-state index is 0. The molecule has 58 valence electrons. The summed E-state index contributed by atoms with van der Waals surface area (Å²) >= 11 is 2.15. The topological polar surface area (TPSA) is 59.1 Å². The standard InChI is InChI=1S/C4H10N2.CH3I.H3N/c1-2-6-4-3-5-1;1-2;/h5-6H,1-4H2;1H3;1H3. The molecule has 0 unspecified atom stereocenters. The van der Waals surface area contributed by atoms with Crippen LogP contribution in [0.2, 0.25) is 0 Å². The lowest BCUT2D eigenvalue weighted by Gasteiger charge is -2.11. The zero-order chi connectivity index (χ0) is 6.24. The van der Waals surface area contributed by atoms with Crippen LogP contribution in [0, 0.1) is 0 Å². The lowest BCUT2D eigenvalue weighted by Crippen LogP contribution is -2.39. The molecule has 5 N–H and O–H groups in total. The minimum Gasteiger partial charge on any atom is -0.344 e. The molecule has 9 heavy (non-hydrogen) atoms. The van der Waals surface area contributed by atoms with E-state index in [1.165, 1.54) is 0 Å². The van der Waals surface area contributed by atoms with Gasteiger partial charge in [0.25, 0.3) is 0 Å². The zero-order valence-corrected chi connectivity index (χ0v) is 8.07. The maximum atomic E-state index is 3.22. The second kappa shape index (κ2) is 11.4. The predicted octanol–water partition coefficient (Wildman–Crippen LogP) is 0.392.